The SMILES string of the molecule is Cc1ccc(S(=O)(=O)C(=[N+]=[N-])C(=[N+]=[N-])S(=O)(=O)C(C)(C)CS(=O)(=O)C2CCCCC2)cc1. The van der Waals surface area contributed by atoms with Gasteiger partial charge in [0.05, 0.1) is 20.6 Å². The predicted octanol–water partition coefficient (Wildman–Crippen LogP) is 1.97. The fourth-order valence-corrected chi connectivity index (χ4v) is 9.64. The Bertz CT molecular complexity index is 1300. The zero-order valence-corrected chi connectivity index (χ0v) is 20.5. The van der Waals surface area contributed by atoms with Gasteiger partial charge in [0.1, 0.15) is 0 Å². The van der Waals surface area contributed by atoms with E-state index in [-0.39, 0.29) is 4.90 Å². The molecule has 0 amide bonds. The summed E-state index contributed by atoms with van der Waals surface area (Å²) in [6.07, 6.45) is 3.18. The van der Waals surface area contributed by atoms with E-state index in [0.29, 0.717) is 12.8 Å². The molecule has 0 unspecified atom stereocenters. The monoisotopic (exact) mass is 502 g/mol. The highest BCUT2D eigenvalue weighted by Crippen LogP contribution is 2.30. The highest BCUT2D eigenvalue weighted by molar-refractivity contribution is 8.18. The van der Waals surface area contributed by atoms with Gasteiger partial charge in [-0.25, -0.2) is 25.3 Å². The van der Waals surface area contributed by atoms with Crippen molar-refractivity contribution in [3.63, 3.8) is 0 Å². The van der Waals surface area contributed by atoms with E-state index in [1.54, 1.807) is 6.92 Å². The Kier molecular flexibility index (Phi) is 7.63. The second-order valence-corrected chi connectivity index (χ2v) is 15.1. The van der Waals surface area contributed by atoms with Gasteiger partial charge in [-0.1, -0.05) is 37.0 Å². The molecule has 0 heterocycles. The Morgan fingerprint density at radius 2 is 1.41 bits per heavy atom. The molecule has 0 atom stereocenters. The van der Waals surface area contributed by atoms with Crippen LogP contribution in [0.15, 0.2) is 29.2 Å². The lowest BCUT2D eigenvalue weighted by Crippen LogP contribution is -2.48. The maximum Gasteiger partial charge on any atom is 0.509 e. The van der Waals surface area contributed by atoms with Gasteiger partial charge in [-0.3, -0.25) is 0 Å². The lowest BCUT2D eigenvalue weighted by molar-refractivity contribution is -0.0179. The highest BCUT2D eigenvalue weighted by atomic mass is 32.2. The molecule has 1 fully saturated rings. The molecule has 0 aliphatic heterocycles. The largest absolute Gasteiger partial charge is 0.509 e. The number of hydrogen-bond donors (Lipinski definition) is 0. The first kappa shape index (κ1) is 26.1. The molecule has 0 radical (unpaired) electrons. The van der Waals surface area contributed by atoms with Gasteiger partial charge < -0.3 is 11.1 Å². The zero-order valence-electron chi connectivity index (χ0n) is 18.1. The van der Waals surface area contributed by atoms with E-state index < -0.39 is 55.3 Å². The first-order valence-corrected chi connectivity index (χ1v) is 14.6. The van der Waals surface area contributed by atoms with Gasteiger partial charge in [0.15, 0.2) is 9.84 Å². The first-order chi connectivity index (χ1) is 14.7. The van der Waals surface area contributed by atoms with Crippen LogP contribution >= 0.6 is 0 Å². The summed E-state index contributed by atoms with van der Waals surface area (Å²) in [4.78, 5) is 4.83. The topological polar surface area (TPSA) is 175 Å². The third-order valence-corrected chi connectivity index (χ3v) is 12.5. The Morgan fingerprint density at radius 3 is 1.88 bits per heavy atom. The Morgan fingerprint density at radius 1 is 0.906 bits per heavy atom. The van der Waals surface area contributed by atoms with Crippen LogP contribution in [0, 0.1) is 6.92 Å². The Hall–Kier alpha value is -2.17. The summed E-state index contributed by atoms with van der Waals surface area (Å²) in [7, 11) is -13.4. The smallest absolute Gasteiger partial charge is 0.360 e. The van der Waals surface area contributed by atoms with Crippen LogP contribution in [0.4, 0.5) is 0 Å². The van der Waals surface area contributed by atoms with E-state index in [4.69, 9.17) is 0 Å². The van der Waals surface area contributed by atoms with Gasteiger partial charge in [-0.05, 0) is 45.7 Å². The maximum absolute atomic E-state index is 13.3. The molecular weight excluding hydrogens is 476 g/mol. The van der Waals surface area contributed by atoms with Crippen molar-refractivity contribution < 1.29 is 34.8 Å². The van der Waals surface area contributed by atoms with Crippen LogP contribution in [-0.4, -0.2) is 60.7 Å². The fraction of sp³-hybridized carbons (Fsp3) is 0.579. The summed E-state index contributed by atoms with van der Waals surface area (Å²) >= 11 is 0. The number of benzene rings is 1. The van der Waals surface area contributed by atoms with Crippen molar-refractivity contribution in [2.45, 2.75) is 67.8 Å². The van der Waals surface area contributed by atoms with Crippen LogP contribution in [0.5, 0.6) is 0 Å². The lowest BCUT2D eigenvalue weighted by Gasteiger charge is -2.27. The molecule has 0 aromatic heterocycles. The molecule has 2 rings (SSSR count). The predicted molar refractivity (Wildman–Crippen MR) is 119 cm³/mol. The summed E-state index contributed by atoms with van der Waals surface area (Å²) in [6, 6.07) is 5.26. The molecule has 1 aromatic rings. The van der Waals surface area contributed by atoms with Crippen molar-refractivity contribution in [3.05, 3.63) is 40.9 Å². The number of aryl methyl sites for hydroxylation is 1. The average Bonchev–Trinajstić information content (AvgIpc) is 2.71. The molecule has 176 valence electrons. The second-order valence-electron chi connectivity index (χ2n) is 8.46. The lowest BCUT2D eigenvalue weighted by atomic mass is 10.0. The van der Waals surface area contributed by atoms with Crippen molar-refractivity contribution in [1.29, 1.82) is 0 Å². The molecule has 1 aliphatic rings. The molecular formula is C19H26N4O6S3. The summed E-state index contributed by atoms with van der Waals surface area (Å²) in [5.74, 6) is -0.810. The summed E-state index contributed by atoms with van der Waals surface area (Å²) in [5, 5.41) is -3.51. The molecule has 10 nitrogen and oxygen atoms in total. The van der Waals surface area contributed by atoms with Gasteiger partial charge >= 0.3 is 10.1 Å². The van der Waals surface area contributed by atoms with E-state index in [1.807, 2.05) is 0 Å². The Labute approximate surface area is 188 Å². The second kappa shape index (κ2) is 9.36. The first-order valence-electron chi connectivity index (χ1n) is 9.93. The van der Waals surface area contributed by atoms with Crippen molar-refractivity contribution >= 4 is 39.6 Å². The molecule has 32 heavy (non-hydrogen) atoms. The van der Waals surface area contributed by atoms with Crippen LogP contribution in [0.25, 0.3) is 11.1 Å². The van der Waals surface area contributed by atoms with Crippen LogP contribution < -0.4 is 0 Å². The van der Waals surface area contributed by atoms with Gasteiger partial charge in [0, 0.05) is 0 Å². The summed E-state index contributed by atoms with van der Waals surface area (Å²) in [5.41, 5.74) is 19.5. The maximum atomic E-state index is 13.3. The number of nitrogens with zero attached hydrogens (tertiary/aromatic N) is 4. The molecule has 1 aliphatic carbocycles. The minimum atomic E-state index is -4.88. The van der Waals surface area contributed by atoms with Gasteiger partial charge in [-0.15, -0.1) is 9.58 Å². The minimum absolute atomic E-state index is 0.389. The standard InChI is InChI=1S/C19H26N4O6S3/c1-14-9-11-16(12-10-14)31(26,27)17(22-20)18(23-21)32(28,29)19(2,3)13-30(24,25)15-7-5-4-6-8-15/h9-12,15H,4-8,13H2,1-3H3. The van der Waals surface area contributed by atoms with E-state index >= 15 is 0 Å². The summed E-state index contributed by atoms with van der Waals surface area (Å²) < 4.78 is 76.1. The number of hydrogen-bond acceptors (Lipinski definition) is 6. The van der Waals surface area contributed by atoms with Crippen LogP contribution in [0.1, 0.15) is 51.5 Å². The molecule has 0 bridgehead atoms. The minimum Gasteiger partial charge on any atom is -0.360 e. The van der Waals surface area contributed by atoms with E-state index in [2.05, 4.69) is 9.58 Å². The Balaban J connectivity index is 2.50. The average molecular weight is 503 g/mol. The van der Waals surface area contributed by atoms with E-state index in [0.717, 1.165) is 38.7 Å². The van der Waals surface area contributed by atoms with Gasteiger partial charge in [0.25, 0.3) is 19.7 Å². The van der Waals surface area contributed by atoms with Crippen LogP contribution in [-0.2, 0) is 29.5 Å². The molecule has 0 N–H and O–H groups in total. The third-order valence-electron chi connectivity index (χ3n) is 5.54. The summed E-state index contributed by atoms with van der Waals surface area (Å²) in [6.45, 7) is 3.90. The van der Waals surface area contributed by atoms with Crippen molar-refractivity contribution in [2.24, 2.45) is 0 Å². The molecule has 13 heteroatoms. The van der Waals surface area contributed by atoms with E-state index in [9.17, 15) is 36.3 Å². The normalized spacial score (nSPS) is 16.1. The third kappa shape index (κ3) is 5.07. The highest BCUT2D eigenvalue weighted by Gasteiger charge is 2.57. The molecule has 1 aromatic carbocycles. The van der Waals surface area contributed by atoms with Gasteiger partial charge in [0.2, 0.25) is 0 Å². The van der Waals surface area contributed by atoms with Crippen molar-refractivity contribution in [1.82, 2.24) is 0 Å². The van der Waals surface area contributed by atoms with Crippen molar-refractivity contribution in [3.8, 4) is 0 Å². The molecule has 1 saturated carbocycles. The fourth-order valence-electron chi connectivity index (χ4n) is 3.62. The number of rotatable bonds is 5. The van der Waals surface area contributed by atoms with Gasteiger partial charge in [-0.2, -0.15) is 0 Å². The molecule has 0 spiro atoms. The molecule has 0 saturated heterocycles. The van der Waals surface area contributed by atoms with Crippen LogP contribution in [0.2, 0.25) is 0 Å². The van der Waals surface area contributed by atoms with Crippen molar-refractivity contribution in [2.75, 3.05) is 5.75 Å². The van der Waals surface area contributed by atoms with E-state index in [1.165, 1.54) is 24.3 Å². The quantitative estimate of drug-likeness (QED) is 0.257. The van der Waals surface area contributed by atoms with Crippen LogP contribution in [0.3, 0.4) is 0 Å². The number of sulfone groups is 3. The zero-order chi connectivity index (χ0) is 24.4.